The van der Waals surface area contributed by atoms with Gasteiger partial charge in [0.25, 0.3) is 0 Å². The lowest BCUT2D eigenvalue weighted by molar-refractivity contribution is -0.146. The fourth-order valence-electron chi connectivity index (χ4n) is 3.02. The van der Waals surface area contributed by atoms with Gasteiger partial charge in [-0.2, -0.15) is 0 Å². The van der Waals surface area contributed by atoms with Crippen molar-refractivity contribution in [2.45, 2.75) is 19.8 Å². The summed E-state index contributed by atoms with van der Waals surface area (Å²) in [5.74, 6) is -1.25. The number of carboxylic acid groups (broad SMARTS) is 1. The first kappa shape index (κ1) is 13.9. The van der Waals surface area contributed by atoms with Crippen LogP contribution in [-0.2, 0) is 11.2 Å². The SMILES string of the molecule is CC1(C(=O)O)CCN(C(=O)N2CCc3ccc(F)cc32)C1. The predicted octanol–water partition coefficient (Wildman–Crippen LogP) is 2.10. The maximum absolute atomic E-state index is 13.4. The molecule has 1 unspecified atom stereocenters. The van der Waals surface area contributed by atoms with Gasteiger partial charge in [0.1, 0.15) is 5.82 Å². The van der Waals surface area contributed by atoms with Crippen LogP contribution in [0, 0.1) is 11.2 Å². The van der Waals surface area contributed by atoms with Crippen molar-refractivity contribution in [2.75, 3.05) is 24.5 Å². The molecule has 1 aromatic rings. The minimum Gasteiger partial charge on any atom is -0.481 e. The van der Waals surface area contributed by atoms with E-state index < -0.39 is 11.4 Å². The molecule has 2 aliphatic heterocycles. The monoisotopic (exact) mass is 292 g/mol. The molecule has 2 heterocycles. The van der Waals surface area contributed by atoms with Gasteiger partial charge < -0.3 is 10.0 Å². The number of aliphatic carboxylic acids is 1. The molecule has 0 bridgehead atoms. The Morgan fingerprint density at radius 3 is 2.76 bits per heavy atom. The van der Waals surface area contributed by atoms with Gasteiger partial charge in [0.2, 0.25) is 0 Å². The van der Waals surface area contributed by atoms with Gasteiger partial charge in [-0.25, -0.2) is 9.18 Å². The van der Waals surface area contributed by atoms with Crippen LogP contribution in [0.3, 0.4) is 0 Å². The Morgan fingerprint density at radius 2 is 2.10 bits per heavy atom. The van der Waals surface area contributed by atoms with Crippen LogP contribution in [0.1, 0.15) is 18.9 Å². The third-order valence-electron chi connectivity index (χ3n) is 4.43. The summed E-state index contributed by atoms with van der Waals surface area (Å²) in [5, 5.41) is 9.23. The van der Waals surface area contributed by atoms with Crippen molar-refractivity contribution in [1.82, 2.24) is 4.90 Å². The number of hydrogen-bond donors (Lipinski definition) is 1. The van der Waals surface area contributed by atoms with Gasteiger partial charge in [0, 0.05) is 19.6 Å². The Hall–Kier alpha value is -2.11. The van der Waals surface area contributed by atoms with E-state index >= 15 is 0 Å². The molecular weight excluding hydrogens is 275 g/mol. The highest BCUT2D eigenvalue weighted by Gasteiger charge is 2.43. The first-order valence-corrected chi connectivity index (χ1v) is 6.99. The van der Waals surface area contributed by atoms with Crippen LogP contribution in [0.25, 0.3) is 0 Å². The van der Waals surface area contributed by atoms with Gasteiger partial charge in [0.05, 0.1) is 11.1 Å². The average Bonchev–Trinajstić information content (AvgIpc) is 3.02. The summed E-state index contributed by atoms with van der Waals surface area (Å²) >= 11 is 0. The fourth-order valence-corrected chi connectivity index (χ4v) is 3.02. The van der Waals surface area contributed by atoms with Crippen LogP contribution >= 0.6 is 0 Å². The zero-order valence-corrected chi connectivity index (χ0v) is 11.8. The fraction of sp³-hybridized carbons (Fsp3) is 0.467. The minimum absolute atomic E-state index is 0.197. The summed E-state index contributed by atoms with van der Waals surface area (Å²) in [7, 11) is 0. The number of rotatable bonds is 1. The van der Waals surface area contributed by atoms with Gasteiger partial charge >= 0.3 is 12.0 Å². The van der Waals surface area contributed by atoms with Crippen LogP contribution in [0.2, 0.25) is 0 Å². The molecule has 1 N–H and O–H groups in total. The number of carbonyl (C=O) groups excluding carboxylic acids is 1. The molecule has 2 amide bonds. The summed E-state index contributed by atoms with van der Waals surface area (Å²) in [6.45, 7) is 2.78. The number of hydrogen-bond acceptors (Lipinski definition) is 2. The normalized spacial score (nSPS) is 24.3. The van der Waals surface area contributed by atoms with Crippen molar-refractivity contribution >= 4 is 17.7 Å². The zero-order valence-electron chi connectivity index (χ0n) is 11.8. The highest BCUT2D eigenvalue weighted by molar-refractivity contribution is 5.95. The number of fused-ring (bicyclic) bond motifs is 1. The Balaban J connectivity index is 1.80. The van der Waals surface area contributed by atoms with E-state index in [2.05, 4.69) is 0 Å². The van der Waals surface area contributed by atoms with Crippen LogP contribution in [0.15, 0.2) is 18.2 Å². The van der Waals surface area contributed by atoms with E-state index in [4.69, 9.17) is 0 Å². The highest BCUT2D eigenvalue weighted by atomic mass is 19.1. The zero-order chi connectivity index (χ0) is 15.2. The molecule has 2 aliphatic rings. The molecule has 21 heavy (non-hydrogen) atoms. The third-order valence-corrected chi connectivity index (χ3v) is 4.43. The van der Waals surface area contributed by atoms with Gasteiger partial charge in [-0.3, -0.25) is 9.69 Å². The second kappa shape index (κ2) is 4.72. The molecule has 3 rings (SSSR count). The molecular formula is C15H17FN2O3. The highest BCUT2D eigenvalue weighted by Crippen LogP contribution is 2.34. The molecule has 1 fully saturated rings. The predicted molar refractivity (Wildman–Crippen MR) is 74.8 cm³/mol. The number of carboxylic acids is 1. The molecule has 0 aromatic heterocycles. The first-order valence-electron chi connectivity index (χ1n) is 6.99. The first-order chi connectivity index (χ1) is 9.90. The summed E-state index contributed by atoms with van der Waals surface area (Å²) in [4.78, 5) is 26.9. The molecule has 1 aromatic carbocycles. The summed E-state index contributed by atoms with van der Waals surface area (Å²) in [6, 6.07) is 4.23. The van der Waals surface area contributed by atoms with E-state index in [9.17, 15) is 19.1 Å². The number of benzene rings is 1. The standard InChI is InChI=1S/C15H17FN2O3/c1-15(13(19)20)5-7-17(9-15)14(21)18-6-4-10-2-3-11(16)8-12(10)18/h2-3,8H,4-7,9H2,1H3,(H,19,20). The number of likely N-dealkylation sites (tertiary alicyclic amines) is 1. The van der Waals surface area contributed by atoms with E-state index in [-0.39, 0.29) is 18.4 Å². The summed E-state index contributed by atoms with van der Waals surface area (Å²) < 4.78 is 13.4. The van der Waals surface area contributed by atoms with Crippen molar-refractivity contribution in [3.8, 4) is 0 Å². The Kier molecular flexibility index (Phi) is 3.11. The summed E-state index contributed by atoms with van der Waals surface area (Å²) in [5.41, 5.74) is 0.661. The second-order valence-electron chi connectivity index (χ2n) is 5.99. The molecule has 5 nitrogen and oxygen atoms in total. The van der Waals surface area contributed by atoms with Crippen molar-refractivity contribution in [2.24, 2.45) is 5.41 Å². The molecule has 1 atom stereocenters. The summed E-state index contributed by atoms with van der Waals surface area (Å²) in [6.07, 6.45) is 1.14. The minimum atomic E-state index is -0.889. The number of halogens is 1. The van der Waals surface area contributed by atoms with Gasteiger partial charge in [-0.15, -0.1) is 0 Å². The van der Waals surface area contributed by atoms with Gasteiger partial charge in [-0.1, -0.05) is 6.07 Å². The van der Waals surface area contributed by atoms with Crippen LogP contribution in [0.5, 0.6) is 0 Å². The Bertz CT molecular complexity index is 619. The second-order valence-corrected chi connectivity index (χ2v) is 5.99. The lowest BCUT2D eigenvalue weighted by Gasteiger charge is -2.26. The molecule has 112 valence electrons. The average molecular weight is 292 g/mol. The van der Waals surface area contributed by atoms with Gasteiger partial charge in [0.15, 0.2) is 0 Å². The molecule has 0 spiro atoms. The van der Waals surface area contributed by atoms with Crippen molar-refractivity contribution < 1.29 is 19.1 Å². The molecule has 0 radical (unpaired) electrons. The maximum atomic E-state index is 13.4. The lowest BCUT2D eigenvalue weighted by atomic mass is 9.90. The van der Waals surface area contributed by atoms with Gasteiger partial charge in [-0.05, 0) is 37.5 Å². The van der Waals surface area contributed by atoms with Crippen LogP contribution < -0.4 is 4.90 Å². The van der Waals surface area contributed by atoms with Crippen LogP contribution in [0.4, 0.5) is 14.9 Å². The smallest absolute Gasteiger partial charge is 0.324 e. The van der Waals surface area contributed by atoms with E-state index in [0.717, 1.165) is 5.56 Å². The maximum Gasteiger partial charge on any atom is 0.324 e. The molecule has 0 aliphatic carbocycles. The number of carbonyl (C=O) groups is 2. The van der Waals surface area contributed by atoms with E-state index in [1.54, 1.807) is 22.8 Å². The molecule has 1 saturated heterocycles. The van der Waals surface area contributed by atoms with Crippen molar-refractivity contribution in [3.05, 3.63) is 29.6 Å². The topological polar surface area (TPSA) is 60.9 Å². The van der Waals surface area contributed by atoms with Crippen molar-refractivity contribution in [3.63, 3.8) is 0 Å². The number of anilines is 1. The van der Waals surface area contributed by atoms with Crippen molar-refractivity contribution in [1.29, 1.82) is 0 Å². The largest absolute Gasteiger partial charge is 0.481 e. The third kappa shape index (κ3) is 2.24. The van der Waals surface area contributed by atoms with E-state index in [0.29, 0.717) is 31.6 Å². The number of nitrogens with zero attached hydrogens (tertiary/aromatic N) is 2. The quantitative estimate of drug-likeness (QED) is 0.862. The number of amides is 2. The van der Waals surface area contributed by atoms with Crippen LogP contribution in [-0.4, -0.2) is 41.6 Å². The van der Waals surface area contributed by atoms with E-state index in [1.165, 1.54) is 12.1 Å². The lowest BCUT2D eigenvalue weighted by Crippen LogP contribution is -2.43. The molecule has 0 saturated carbocycles. The molecule has 6 heteroatoms. The Labute approximate surface area is 122 Å². The van der Waals surface area contributed by atoms with E-state index in [1.807, 2.05) is 0 Å². The number of urea groups is 1. The Morgan fingerprint density at radius 1 is 1.33 bits per heavy atom.